The van der Waals surface area contributed by atoms with Crippen molar-refractivity contribution < 1.29 is 4.74 Å². The first-order chi connectivity index (χ1) is 8.42. The maximum Gasteiger partial charge on any atom is 0.0609 e. The molecule has 0 heterocycles. The Morgan fingerprint density at radius 2 is 1.29 bits per heavy atom. The summed E-state index contributed by atoms with van der Waals surface area (Å²) in [5.74, 6) is 0.300. The van der Waals surface area contributed by atoms with Crippen LogP contribution in [0.4, 0.5) is 0 Å². The van der Waals surface area contributed by atoms with Crippen molar-refractivity contribution in [2.45, 2.75) is 5.92 Å². The fourth-order valence-electron chi connectivity index (χ4n) is 1.93. The summed E-state index contributed by atoms with van der Waals surface area (Å²) >= 11 is 0. The molecule has 2 aromatic carbocycles. The summed E-state index contributed by atoms with van der Waals surface area (Å²) in [5, 5.41) is 0. The first kappa shape index (κ1) is 12.1. The smallest absolute Gasteiger partial charge is 0.0609 e. The summed E-state index contributed by atoms with van der Waals surface area (Å²) in [6.07, 6.45) is 0.566. The maximum atomic E-state index is 5.52. The van der Waals surface area contributed by atoms with E-state index in [1.807, 2.05) is 12.1 Å². The molecule has 0 aliphatic rings. The van der Waals surface area contributed by atoms with E-state index in [1.54, 1.807) is 0 Å². The molecule has 85 valence electrons. The van der Waals surface area contributed by atoms with Crippen molar-refractivity contribution in [3.8, 4) is 0 Å². The van der Waals surface area contributed by atoms with Gasteiger partial charge in [0.15, 0.2) is 0 Å². The van der Waals surface area contributed by atoms with Gasteiger partial charge < -0.3 is 4.74 Å². The van der Waals surface area contributed by atoms with Crippen LogP contribution in [0, 0.1) is 0 Å². The Labute approximate surface area is 106 Å². The Bertz CT molecular complexity index is 388. The van der Waals surface area contributed by atoms with Crippen LogP contribution in [-0.4, -0.2) is 23.1 Å². The Hall–Kier alpha value is -1.38. The van der Waals surface area contributed by atoms with Crippen molar-refractivity contribution in [3.05, 3.63) is 71.8 Å². The fraction of sp³-hybridized carbons (Fsp3) is 0.200. The van der Waals surface area contributed by atoms with Gasteiger partial charge in [0.2, 0.25) is 0 Å². The second-order valence-electron chi connectivity index (χ2n) is 3.89. The zero-order valence-electron chi connectivity index (χ0n) is 9.67. The van der Waals surface area contributed by atoms with Crippen LogP contribution < -0.4 is 0 Å². The first-order valence-electron chi connectivity index (χ1n) is 5.74. The topological polar surface area (TPSA) is 9.23 Å². The predicted molar refractivity (Wildman–Crippen MR) is 71.3 cm³/mol. The first-order valence-corrected chi connectivity index (χ1v) is 6.44. The van der Waals surface area contributed by atoms with Gasteiger partial charge in [0.25, 0.3) is 0 Å². The van der Waals surface area contributed by atoms with Gasteiger partial charge in [-0.25, -0.2) is 0 Å². The molecule has 0 fully saturated rings. The van der Waals surface area contributed by atoms with Crippen LogP contribution in [-0.2, 0) is 4.74 Å². The fourth-order valence-corrected chi connectivity index (χ4v) is 2.05. The molecule has 17 heavy (non-hydrogen) atoms. The number of hydrogen-bond acceptors (Lipinski definition) is 1. The summed E-state index contributed by atoms with van der Waals surface area (Å²) < 4.78 is 5.52. The molecule has 0 spiro atoms. The lowest BCUT2D eigenvalue weighted by Gasteiger charge is -2.17. The molecule has 2 rings (SSSR count). The van der Waals surface area contributed by atoms with Crippen LogP contribution in [0.15, 0.2) is 60.7 Å². The molecule has 0 saturated carbocycles. The van der Waals surface area contributed by atoms with Gasteiger partial charge in [0.05, 0.1) is 16.8 Å². The van der Waals surface area contributed by atoms with E-state index in [9.17, 15) is 0 Å². The summed E-state index contributed by atoms with van der Waals surface area (Å²) in [6, 6.07) is 20.9. The van der Waals surface area contributed by atoms with E-state index in [0.717, 1.165) is 0 Å². The minimum Gasteiger partial charge on any atom is -0.385 e. The van der Waals surface area contributed by atoms with Crippen LogP contribution in [0.2, 0.25) is 0 Å². The Morgan fingerprint density at radius 3 is 1.71 bits per heavy atom. The molecule has 0 atom stereocenters. The van der Waals surface area contributed by atoms with Gasteiger partial charge in [-0.15, -0.1) is 0 Å². The number of benzene rings is 2. The Balaban J connectivity index is 2.26. The van der Waals surface area contributed by atoms with Gasteiger partial charge in [-0.1, -0.05) is 60.7 Å². The average Bonchev–Trinajstić information content (AvgIpc) is 2.42. The summed E-state index contributed by atoms with van der Waals surface area (Å²) in [7, 11) is 3.35. The summed E-state index contributed by atoms with van der Waals surface area (Å²) in [4.78, 5) is 0. The monoisotopic (exact) mass is 239 g/mol. The molecule has 3 radical (unpaired) electrons. The molecular formula is C15H15OSi. The van der Waals surface area contributed by atoms with E-state index in [2.05, 4.69) is 58.8 Å². The molecule has 2 aromatic rings. The zero-order valence-corrected chi connectivity index (χ0v) is 10.7. The number of hydrogen-bond donors (Lipinski definition) is 0. The van der Waals surface area contributed by atoms with E-state index >= 15 is 0 Å². The molecular weight excluding hydrogens is 224 g/mol. The molecule has 1 nitrogen and oxygen atoms in total. The zero-order chi connectivity index (χ0) is 11.9. The van der Waals surface area contributed by atoms with Gasteiger partial charge >= 0.3 is 0 Å². The Morgan fingerprint density at radius 1 is 0.824 bits per heavy atom. The highest BCUT2D eigenvalue weighted by Crippen LogP contribution is 2.24. The van der Waals surface area contributed by atoms with Crippen molar-refractivity contribution in [1.29, 1.82) is 0 Å². The maximum absolute atomic E-state index is 5.52. The van der Waals surface area contributed by atoms with Gasteiger partial charge in [-0.3, -0.25) is 0 Å². The lowest BCUT2D eigenvalue weighted by atomic mass is 9.92. The van der Waals surface area contributed by atoms with Gasteiger partial charge in [0.1, 0.15) is 0 Å². The van der Waals surface area contributed by atoms with Gasteiger partial charge in [-0.2, -0.15) is 0 Å². The average molecular weight is 239 g/mol. The lowest BCUT2D eigenvalue weighted by Crippen LogP contribution is -2.10. The van der Waals surface area contributed by atoms with Crippen molar-refractivity contribution in [1.82, 2.24) is 0 Å². The van der Waals surface area contributed by atoms with E-state index < -0.39 is 0 Å². The SMILES string of the molecule is [Si]COCC(c1ccccc1)c1ccccc1. The van der Waals surface area contributed by atoms with Crippen LogP contribution in [0.5, 0.6) is 0 Å². The summed E-state index contributed by atoms with van der Waals surface area (Å²) in [5.41, 5.74) is 2.58. The third kappa shape index (κ3) is 3.28. The molecule has 0 N–H and O–H groups in total. The third-order valence-corrected chi connectivity index (χ3v) is 2.99. The normalized spacial score (nSPS) is 10.7. The van der Waals surface area contributed by atoms with Crippen molar-refractivity contribution in [3.63, 3.8) is 0 Å². The highest BCUT2D eigenvalue weighted by atomic mass is 28.1. The molecule has 0 aliphatic heterocycles. The molecule has 0 aromatic heterocycles. The number of ether oxygens (including phenoxy) is 1. The largest absolute Gasteiger partial charge is 0.385 e. The highest BCUT2D eigenvalue weighted by molar-refractivity contribution is 6.08. The van der Waals surface area contributed by atoms with Crippen molar-refractivity contribution in [2.75, 3.05) is 12.8 Å². The standard InChI is InChI=1S/C15H15OSi/c17-12-16-11-15(13-7-3-1-4-8-13)14-9-5-2-6-10-14/h1-10,15H,11-12H2. The molecule has 0 amide bonds. The molecule has 2 heteroatoms. The van der Waals surface area contributed by atoms with Crippen LogP contribution in [0.25, 0.3) is 0 Å². The van der Waals surface area contributed by atoms with Crippen molar-refractivity contribution in [2.24, 2.45) is 0 Å². The van der Waals surface area contributed by atoms with Gasteiger partial charge in [-0.05, 0) is 11.1 Å². The highest BCUT2D eigenvalue weighted by Gasteiger charge is 2.13. The van der Waals surface area contributed by atoms with Gasteiger partial charge in [0, 0.05) is 12.1 Å². The van der Waals surface area contributed by atoms with Crippen molar-refractivity contribution >= 4 is 10.2 Å². The molecule has 0 bridgehead atoms. The number of rotatable bonds is 5. The van der Waals surface area contributed by atoms with E-state index in [0.29, 0.717) is 18.8 Å². The Kier molecular flexibility index (Phi) is 4.53. The van der Waals surface area contributed by atoms with E-state index in [-0.39, 0.29) is 0 Å². The second kappa shape index (κ2) is 6.38. The predicted octanol–water partition coefficient (Wildman–Crippen LogP) is 2.96. The summed E-state index contributed by atoms with van der Waals surface area (Å²) in [6.45, 7) is 0.692. The molecule has 0 aliphatic carbocycles. The minimum absolute atomic E-state index is 0.300. The third-order valence-electron chi connectivity index (χ3n) is 2.79. The van der Waals surface area contributed by atoms with Crippen LogP contribution >= 0.6 is 0 Å². The van der Waals surface area contributed by atoms with E-state index in [4.69, 9.17) is 4.74 Å². The molecule has 0 unspecified atom stereocenters. The minimum atomic E-state index is 0.300. The van der Waals surface area contributed by atoms with Crippen LogP contribution in [0.3, 0.4) is 0 Å². The quantitative estimate of drug-likeness (QED) is 0.729. The van der Waals surface area contributed by atoms with E-state index in [1.165, 1.54) is 11.1 Å². The molecule has 0 saturated heterocycles. The van der Waals surface area contributed by atoms with Crippen LogP contribution in [0.1, 0.15) is 17.0 Å². The lowest BCUT2D eigenvalue weighted by molar-refractivity contribution is 0.170. The second-order valence-corrected chi connectivity index (χ2v) is 4.18.